The van der Waals surface area contributed by atoms with Gasteiger partial charge in [0.1, 0.15) is 16.2 Å². The van der Waals surface area contributed by atoms with Gasteiger partial charge < -0.3 is 0 Å². The van der Waals surface area contributed by atoms with Gasteiger partial charge in [0.25, 0.3) is 0 Å². The Hall–Kier alpha value is -1.29. The van der Waals surface area contributed by atoms with Crippen molar-refractivity contribution in [1.82, 2.24) is 9.97 Å². The maximum Gasteiger partial charge on any atom is 0.130 e. The van der Waals surface area contributed by atoms with Crippen LogP contribution in [0.5, 0.6) is 0 Å². The van der Waals surface area contributed by atoms with Gasteiger partial charge in [-0.1, -0.05) is 6.92 Å². The monoisotopic (exact) mass is 308 g/mol. The molecular formula is C14H14BrFN2. The van der Waals surface area contributed by atoms with E-state index in [9.17, 15) is 4.39 Å². The molecule has 0 radical (unpaired) electrons. The number of benzene rings is 1. The van der Waals surface area contributed by atoms with E-state index in [0.717, 1.165) is 34.5 Å². The fraction of sp³-hybridized carbons (Fsp3) is 0.286. The lowest BCUT2D eigenvalue weighted by Crippen LogP contribution is -1.97. The molecule has 0 spiro atoms. The topological polar surface area (TPSA) is 25.8 Å². The third-order valence-electron chi connectivity index (χ3n) is 2.67. The van der Waals surface area contributed by atoms with E-state index >= 15 is 0 Å². The third-order valence-corrected chi connectivity index (χ3v) is 3.07. The number of aromatic nitrogens is 2. The second kappa shape index (κ2) is 5.57. The first kappa shape index (κ1) is 13.1. The average molecular weight is 309 g/mol. The smallest absolute Gasteiger partial charge is 0.130 e. The molecule has 4 heteroatoms. The summed E-state index contributed by atoms with van der Waals surface area (Å²) in [6.07, 6.45) is 1.84. The number of hydrogen-bond acceptors (Lipinski definition) is 2. The molecule has 0 atom stereocenters. The van der Waals surface area contributed by atoms with Crippen molar-refractivity contribution in [2.45, 2.75) is 26.7 Å². The minimum Gasteiger partial charge on any atom is -0.233 e. The van der Waals surface area contributed by atoms with Crippen molar-refractivity contribution in [3.63, 3.8) is 0 Å². The van der Waals surface area contributed by atoms with E-state index in [-0.39, 0.29) is 5.82 Å². The molecule has 1 aromatic carbocycles. The zero-order valence-electron chi connectivity index (χ0n) is 10.4. The van der Waals surface area contributed by atoms with Crippen LogP contribution >= 0.6 is 15.9 Å². The van der Waals surface area contributed by atoms with E-state index in [2.05, 4.69) is 32.8 Å². The first-order chi connectivity index (χ1) is 8.60. The first-order valence-corrected chi connectivity index (χ1v) is 6.69. The summed E-state index contributed by atoms with van der Waals surface area (Å²) in [7, 11) is 0. The fourth-order valence-corrected chi connectivity index (χ4v) is 2.17. The molecule has 0 aliphatic heterocycles. The van der Waals surface area contributed by atoms with Gasteiger partial charge in [-0.05, 0) is 59.1 Å². The summed E-state index contributed by atoms with van der Waals surface area (Å²) in [6, 6.07) is 6.87. The standard InChI is InChI=1S/C14H14BrFN2/c1-3-4-14-17-12(8-13(15)18-14)10-5-6-11(16)9(2)7-10/h5-8H,3-4H2,1-2H3. The number of hydrogen-bond donors (Lipinski definition) is 0. The maximum atomic E-state index is 13.3. The van der Waals surface area contributed by atoms with Crippen LogP contribution in [0.2, 0.25) is 0 Å². The third kappa shape index (κ3) is 2.93. The van der Waals surface area contributed by atoms with Crippen molar-refractivity contribution < 1.29 is 4.39 Å². The molecule has 18 heavy (non-hydrogen) atoms. The minimum atomic E-state index is -0.194. The average Bonchev–Trinajstić information content (AvgIpc) is 2.32. The van der Waals surface area contributed by atoms with Gasteiger partial charge in [0.05, 0.1) is 5.69 Å². The largest absolute Gasteiger partial charge is 0.233 e. The quantitative estimate of drug-likeness (QED) is 0.790. The second-order valence-corrected chi connectivity index (χ2v) is 5.02. The minimum absolute atomic E-state index is 0.194. The zero-order chi connectivity index (χ0) is 13.1. The predicted molar refractivity (Wildman–Crippen MR) is 73.9 cm³/mol. The van der Waals surface area contributed by atoms with Crippen molar-refractivity contribution >= 4 is 15.9 Å². The summed E-state index contributed by atoms with van der Waals surface area (Å²) in [6.45, 7) is 3.84. The van der Waals surface area contributed by atoms with Gasteiger partial charge in [0, 0.05) is 12.0 Å². The second-order valence-electron chi connectivity index (χ2n) is 4.21. The van der Waals surface area contributed by atoms with E-state index in [1.807, 2.05) is 6.07 Å². The van der Waals surface area contributed by atoms with Crippen LogP contribution in [0.25, 0.3) is 11.3 Å². The Morgan fingerprint density at radius 1 is 1.22 bits per heavy atom. The fourth-order valence-electron chi connectivity index (χ4n) is 1.75. The van der Waals surface area contributed by atoms with Crippen LogP contribution in [0.1, 0.15) is 24.7 Å². The number of rotatable bonds is 3. The molecule has 0 N–H and O–H groups in total. The van der Waals surface area contributed by atoms with Crippen LogP contribution in [-0.4, -0.2) is 9.97 Å². The van der Waals surface area contributed by atoms with E-state index in [4.69, 9.17) is 0 Å². The van der Waals surface area contributed by atoms with E-state index in [1.54, 1.807) is 19.1 Å². The molecular weight excluding hydrogens is 295 g/mol. The summed E-state index contributed by atoms with van der Waals surface area (Å²) in [4.78, 5) is 8.82. The highest BCUT2D eigenvalue weighted by Gasteiger charge is 2.06. The van der Waals surface area contributed by atoms with Crippen molar-refractivity contribution in [3.8, 4) is 11.3 Å². The van der Waals surface area contributed by atoms with Crippen molar-refractivity contribution in [1.29, 1.82) is 0 Å². The van der Waals surface area contributed by atoms with Gasteiger partial charge >= 0.3 is 0 Å². The van der Waals surface area contributed by atoms with Gasteiger partial charge in [-0.25, -0.2) is 14.4 Å². The van der Waals surface area contributed by atoms with Gasteiger partial charge in [0.15, 0.2) is 0 Å². The number of halogens is 2. The molecule has 0 saturated carbocycles. The van der Waals surface area contributed by atoms with Crippen LogP contribution in [-0.2, 0) is 6.42 Å². The highest BCUT2D eigenvalue weighted by atomic mass is 79.9. The molecule has 0 amide bonds. The molecule has 2 aromatic rings. The molecule has 0 aliphatic carbocycles. The molecule has 0 fully saturated rings. The van der Waals surface area contributed by atoms with Gasteiger partial charge in [0.2, 0.25) is 0 Å². The molecule has 0 unspecified atom stereocenters. The number of nitrogens with zero attached hydrogens (tertiary/aromatic N) is 2. The number of aryl methyl sites for hydroxylation is 2. The van der Waals surface area contributed by atoms with Crippen LogP contribution in [0.3, 0.4) is 0 Å². The highest BCUT2D eigenvalue weighted by molar-refractivity contribution is 9.10. The molecule has 0 saturated heterocycles. The molecule has 2 rings (SSSR count). The van der Waals surface area contributed by atoms with Gasteiger partial charge in [-0.2, -0.15) is 0 Å². The summed E-state index contributed by atoms with van der Waals surface area (Å²) in [5.41, 5.74) is 2.36. The Balaban J connectivity index is 2.46. The summed E-state index contributed by atoms with van der Waals surface area (Å²) >= 11 is 3.39. The Morgan fingerprint density at radius 3 is 2.67 bits per heavy atom. The molecule has 94 valence electrons. The maximum absolute atomic E-state index is 13.3. The Labute approximate surface area is 114 Å². The van der Waals surface area contributed by atoms with Crippen LogP contribution in [0.15, 0.2) is 28.9 Å². The first-order valence-electron chi connectivity index (χ1n) is 5.90. The van der Waals surface area contributed by atoms with Crippen molar-refractivity contribution in [2.24, 2.45) is 0 Å². The van der Waals surface area contributed by atoms with Crippen molar-refractivity contribution in [2.75, 3.05) is 0 Å². The van der Waals surface area contributed by atoms with Crippen LogP contribution in [0, 0.1) is 12.7 Å². The molecule has 1 aromatic heterocycles. The summed E-state index contributed by atoms with van der Waals surface area (Å²) in [5, 5.41) is 0. The van der Waals surface area contributed by atoms with Gasteiger partial charge in [-0.3, -0.25) is 0 Å². The molecule has 0 aliphatic rings. The van der Waals surface area contributed by atoms with Gasteiger partial charge in [-0.15, -0.1) is 0 Å². The highest BCUT2D eigenvalue weighted by Crippen LogP contribution is 2.22. The lowest BCUT2D eigenvalue weighted by Gasteiger charge is -2.06. The summed E-state index contributed by atoms with van der Waals surface area (Å²) in [5.74, 6) is 0.615. The van der Waals surface area contributed by atoms with Crippen LogP contribution in [0.4, 0.5) is 4.39 Å². The molecule has 2 nitrogen and oxygen atoms in total. The van der Waals surface area contributed by atoms with E-state index in [1.165, 1.54) is 6.07 Å². The predicted octanol–water partition coefficient (Wildman–Crippen LogP) is 4.31. The molecule has 1 heterocycles. The SMILES string of the molecule is CCCc1nc(Br)cc(-c2ccc(F)c(C)c2)n1. The molecule has 0 bridgehead atoms. The van der Waals surface area contributed by atoms with E-state index in [0.29, 0.717) is 5.56 Å². The lowest BCUT2D eigenvalue weighted by atomic mass is 10.1. The Bertz CT molecular complexity index is 570. The Morgan fingerprint density at radius 2 is 2.00 bits per heavy atom. The van der Waals surface area contributed by atoms with Crippen molar-refractivity contribution in [3.05, 3.63) is 46.1 Å². The normalized spacial score (nSPS) is 10.7. The zero-order valence-corrected chi connectivity index (χ0v) is 12.0. The lowest BCUT2D eigenvalue weighted by molar-refractivity contribution is 0.618. The van der Waals surface area contributed by atoms with E-state index < -0.39 is 0 Å². The summed E-state index contributed by atoms with van der Waals surface area (Å²) < 4.78 is 14.0. The van der Waals surface area contributed by atoms with Crippen LogP contribution < -0.4 is 0 Å². The Kier molecular flexibility index (Phi) is 4.07.